The van der Waals surface area contributed by atoms with Gasteiger partial charge >= 0.3 is 0 Å². The molecule has 1 atom stereocenters. The number of halogens is 2. The Hall–Kier alpha value is -3.10. The lowest BCUT2D eigenvalue weighted by Gasteiger charge is -2.35. The van der Waals surface area contributed by atoms with Gasteiger partial charge in [0, 0.05) is 13.1 Å². The maximum absolute atomic E-state index is 13.9. The average molecular weight is 527 g/mol. The lowest BCUT2D eigenvalue weighted by Crippen LogP contribution is -2.37. The van der Waals surface area contributed by atoms with Crippen LogP contribution < -0.4 is 5.73 Å². The zero-order valence-electron chi connectivity index (χ0n) is 20.8. The molecule has 4 rings (SSSR count). The highest BCUT2D eigenvalue weighted by molar-refractivity contribution is 7.89. The molecule has 0 aromatic heterocycles. The first kappa shape index (κ1) is 26.9. The number of carbonyl (C=O) groups excluding carboxylic acids is 1. The summed E-state index contributed by atoms with van der Waals surface area (Å²) in [6.45, 7) is 2.36. The van der Waals surface area contributed by atoms with Gasteiger partial charge in [-0.3, -0.25) is 4.79 Å². The smallest absolute Gasteiger partial charge is 0.243 e. The average Bonchev–Trinajstić information content (AvgIpc) is 2.88. The molecule has 8 heteroatoms. The molecule has 0 saturated heterocycles. The van der Waals surface area contributed by atoms with E-state index in [0.717, 1.165) is 60.6 Å². The second kappa shape index (κ2) is 11.5. The third-order valence-corrected chi connectivity index (χ3v) is 9.11. The molecule has 1 aliphatic carbocycles. The van der Waals surface area contributed by atoms with Gasteiger partial charge < -0.3 is 5.73 Å². The van der Waals surface area contributed by atoms with Crippen molar-refractivity contribution in [2.75, 3.05) is 6.54 Å². The summed E-state index contributed by atoms with van der Waals surface area (Å²) in [6.07, 6.45) is 2.96. The number of rotatable bonds is 9. The van der Waals surface area contributed by atoms with Gasteiger partial charge in [-0.05, 0) is 73.8 Å². The van der Waals surface area contributed by atoms with Crippen LogP contribution in [0.1, 0.15) is 48.3 Å². The predicted octanol–water partition coefficient (Wildman–Crippen LogP) is 5.54. The lowest BCUT2D eigenvalue weighted by atomic mass is 9.73. The molecule has 196 valence electrons. The summed E-state index contributed by atoms with van der Waals surface area (Å²) in [7, 11) is -4.08. The first-order valence-corrected chi connectivity index (χ1v) is 13.9. The highest BCUT2D eigenvalue weighted by Crippen LogP contribution is 2.39. The Morgan fingerprint density at radius 2 is 1.59 bits per heavy atom. The zero-order chi connectivity index (χ0) is 26.6. The van der Waals surface area contributed by atoms with Crippen LogP contribution in [0.15, 0.2) is 77.7 Å². The molecule has 1 amide bonds. The SMILES string of the molecule is Cc1ccc(C(C(N)=O)C2CCC(CN(Cc3ccccc3)S(=O)(=O)c3ccc(F)c(F)c3)CC2)cc1. The fourth-order valence-electron chi connectivity index (χ4n) is 5.26. The second-order valence-corrected chi connectivity index (χ2v) is 11.9. The van der Waals surface area contributed by atoms with Gasteiger partial charge in [-0.2, -0.15) is 4.31 Å². The number of primary amides is 1. The maximum atomic E-state index is 13.9. The predicted molar refractivity (Wildman–Crippen MR) is 139 cm³/mol. The minimum atomic E-state index is -4.08. The molecule has 3 aromatic rings. The van der Waals surface area contributed by atoms with Crippen LogP contribution in [0.25, 0.3) is 0 Å². The van der Waals surface area contributed by atoms with Gasteiger partial charge in [-0.15, -0.1) is 0 Å². The molecule has 0 heterocycles. The normalized spacial score (nSPS) is 19.0. The Labute approximate surface area is 217 Å². The van der Waals surface area contributed by atoms with Gasteiger partial charge in [0.2, 0.25) is 15.9 Å². The Kier molecular flexibility index (Phi) is 8.39. The van der Waals surface area contributed by atoms with Gasteiger partial charge in [-0.25, -0.2) is 17.2 Å². The van der Waals surface area contributed by atoms with E-state index in [2.05, 4.69) is 0 Å². The van der Waals surface area contributed by atoms with Crippen LogP contribution in [0.2, 0.25) is 0 Å². The molecule has 5 nitrogen and oxygen atoms in total. The number of nitrogens with two attached hydrogens (primary N) is 1. The van der Waals surface area contributed by atoms with E-state index in [1.165, 1.54) is 4.31 Å². The van der Waals surface area contributed by atoms with E-state index >= 15 is 0 Å². The standard InChI is InChI=1S/C29H32F2N2O3S/c1-20-7-11-23(12-8-20)28(29(32)34)24-13-9-22(10-14-24)19-33(18-21-5-3-2-4-6-21)37(35,36)25-15-16-26(30)27(31)17-25/h2-8,11-12,15-17,22,24,28H,9-10,13-14,18-19H2,1H3,(H2,32,34). The van der Waals surface area contributed by atoms with Gasteiger partial charge in [0.1, 0.15) is 0 Å². The highest BCUT2D eigenvalue weighted by Gasteiger charge is 2.34. The molecule has 1 fully saturated rings. The molecule has 0 aliphatic heterocycles. The topological polar surface area (TPSA) is 80.5 Å². The number of carbonyl (C=O) groups is 1. The first-order chi connectivity index (χ1) is 17.6. The van der Waals surface area contributed by atoms with Crippen LogP contribution in [-0.4, -0.2) is 25.2 Å². The van der Waals surface area contributed by atoms with Crippen molar-refractivity contribution < 1.29 is 22.0 Å². The molecular formula is C29H32F2N2O3S. The Balaban J connectivity index is 1.51. The maximum Gasteiger partial charge on any atom is 0.243 e. The Morgan fingerprint density at radius 1 is 0.946 bits per heavy atom. The molecule has 3 aromatic carbocycles. The van der Waals surface area contributed by atoms with E-state index in [-0.39, 0.29) is 41.6 Å². The van der Waals surface area contributed by atoms with Crippen molar-refractivity contribution in [3.63, 3.8) is 0 Å². The number of sulfonamides is 1. The largest absolute Gasteiger partial charge is 0.369 e. The number of amides is 1. The van der Waals surface area contributed by atoms with Crippen LogP contribution in [0.3, 0.4) is 0 Å². The van der Waals surface area contributed by atoms with Crippen LogP contribution in [0, 0.1) is 30.4 Å². The minimum absolute atomic E-state index is 0.0616. The number of benzene rings is 3. The fraction of sp³-hybridized carbons (Fsp3) is 0.345. The Bertz CT molecular complexity index is 1320. The quantitative estimate of drug-likeness (QED) is 0.398. The number of hydrogen-bond acceptors (Lipinski definition) is 3. The van der Waals surface area contributed by atoms with Crippen molar-refractivity contribution >= 4 is 15.9 Å². The Morgan fingerprint density at radius 3 is 2.19 bits per heavy atom. The monoisotopic (exact) mass is 526 g/mol. The van der Waals surface area contributed by atoms with E-state index in [9.17, 15) is 22.0 Å². The molecule has 0 radical (unpaired) electrons. The van der Waals surface area contributed by atoms with Crippen LogP contribution in [-0.2, 0) is 21.4 Å². The van der Waals surface area contributed by atoms with Crippen LogP contribution in [0.5, 0.6) is 0 Å². The number of aryl methyl sites for hydroxylation is 1. The van der Waals surface area contributed by atoms with E-state index in [0.29, 0.717) is 0 Å². The highest BCUT2D eigenvalue weighted by atomic mass is 32.2. The number of nitrogens with zero attached hydrogens (tertiary/aromatic N) is 1. The fourth-order valence-corrected chi connectivity index (χ4v) is 6.77. The summed E-state index contributed by atoms with van der Waals surface area (Å²) >= 11 is 0. The van der Waals surface area contributed by atoms with Crippen molar-refractivity contribution in [3.05, 3.63) is 101 Å². The molecule has 1 unspecified atom stereocenters. The second-order valence-electron chi connectivity index (χ2n) is 9.93. The summed E-state index contributed by atoms with van der Waals surface area (Å²) in [5.41, 5.74) is 8.62. The summed E-state index contributed by atoms with van der Waals surface area (Å²) in [6, 6.07) is 19.7. The van der Waals surface area contributed by atoms with Crippen molar-refractivity contribution in [2.24, 2.45) is 17.6 Å². The van der Waals surface area contributed by atoms with Crippen molar-refractivity contribution in [1.29, 1.82) is 0 Å². The lowest BCUT2D eigenvalue weighted by molar-refractivity contribution is -0.121. The summed E-state index contributed by atoms with van der Waals surface area (Å²) < 4.78 is 55.8. The number of hydrogen-bond donors (Lipinski definition) is 1. The van der Waals surface area contributed by atoms with Gasteiger partial charge in [0.25, 0.3) is 0 Å². The minimum Gasteiger partial charge on any atom is -0.369 e. The molecular weight excluding hydrogens is 494 g/mol. The third-order valence-electron chi connectivity index (χ3n) is 7.30. The summed E-state index contributed by atoms with van der Waals surface area (Å²) in [4.78, 5) is 12.1. The molecule has 1 aliphatic rings. The molecule has 2 N–H and O–H groups in total. The van der Waals surface area contributed by atoms with Gasteiger partial charge in [0.15, 0.2) is 11.6 Å². The first-order valence-electron chi connectivity index (χ1n) is 12.5. The van der Waals surface area contributed by atoms with Gasteiger partial charge in [-0.1, -0.05) is 60.2 Å². The van der Waals surface area contributed by atoms with E-state index < -0.39 is 21.7 Å². The van der Waals surface area contributed by atoms with Crippen LogP contribution >= 0.6 is 0 Å². The van der Waals surface area contributed by atoms with E-state index in [1.807, 2.05) is 61.5 Å². The van der Waals surface area contributed by atoms with Crippen molar-refractivity contribution in [3.8, 4) is 0 Å². The van der Waals surface area contributed by atoms with Crippen molar-refractivity contribution in [2.45, 2.75) is 50.0 Å². The molecule has 0 bridgehead atoms. The molecule has 37 heavy (non-hydrogen) atoms. The van der Waals surface area contributed by atoms with Gasteiger partial charge in [0.05, 0.1) is 10.8 Å². The molecule has 0 spiro atoms. The van der Waals surface area contributed by atoms with E-state index in [4.69, 9.17) is 5.73 Å². The zero-order valence-corrected chi connectivity index (χ0v) is 21.6. The molecule has 1 saturated carbocycles. The summed E-state index contributed by atoms with van der Waals surface area (Å²) in [5.74, 6) is -2.88. The summed E-state index contributed by atoms with van der Waals surface area (Å²) in [5, 5.41) is 0. The third kappa shape index (κ3) is 6.43. The van der Waals surface area contributed by atoms with E-state index in [1.54, 1.807) is 0 Å². The van der Waals surface area contributed by atoms with Crippen LogP contribution in [0.4, 0.5) is 8.78 Å². The van der Waals surface area contributed by atoms with Crippen molar-refractivity contribution in [1.82, 2.24) is 4.31 Å².